The zero-order valence-electron chi connectivity index (χ0n) is 11.2. The molecule has 0 bridgehead atoms. The van der Waals surface area contributed by atoms with E-state index in [9.17, 15) is 22.7 Å². The molecule has 0 aliphatic carbocycles. The molecule has 114 valence electrons. The number of halogens is 4. The molecule has 0 amide bonds. The molecule has 2 rings (SSSR count). The molecule has 1 heterocycles. The second-order valence-corrected chi connectivity index (χ2v) is 4.65. The molecular weight excluding hydrogens is 288 g/mol. The van der Waals surface area contributed by atoms with Crippen LogP contribution >= 0.6 is 0 Å². The minimum Gasteiger partial charge on any atom is -0.383 e. The van der Waals surface area contributed by atoms with E-state index in [1.807, 2.05) is 6.92 Å². The number of hydrogen-bond acceptors (Lipinski definition) is 2. The molecule has 0 aliphatic heterocycles. The Morgan fingerprint density at radius 1 is 1.33 bits per heavy atom. The summed E-state index contributed by atoms with van der Waals surface area (Å²) in [5.41, 5.74) is -1.55. The van der Waals surface area contributed by atoms with Gasteiger partial charge in [-0.05, 0) is 12.5 Å². The van der Waals surface area contributed by atoms with Crippen molar-refractivity contribution in [3.05, 3.63) is 53.1 Å². The summed E-state index contributed by atoms with van der Waals surface area (Å²) in [5, 5.41) is 14.0. The van der Waals surface area contributed by atoms with E-state index >= 15 is 0 Å². The Morgan fingerprint density at radius 3 is 2.67 bits per heavy atom. The molecule has 0 radical (unpaired) electrons. The standard InChI is InChI=1S/C14H14F4N2O/c1-2-6-20-8-9(7-19-20)13(21)10-4-3-5-11(12(10)15)14(16,17)18/h3-5,7-8,13,21H,2,6H2,1H3. The monoisotopic (exact) mass is 302 g/mol. The minimum absolute atomic E-state index is 0.252. The van der Waals surface area contributed by atoms with Gasteiger partial charge in [-0.3, -0.25) is 4.68 Å². The summed E-state index contributed by atoms with van der Waals surface area (Å²) in [6, 6.07) is 2.85. The highest BCUT2D eigenvalue weighted by atomic mass is 19.4. The van der Waals surface area contributed by atoms with Crippen molar-refractivity contribution >= 4 is 0 Å². The highest BCUT2D eigenvalue weighted by Gasteiger charge is 2.35. The van der Waals surface area contributed by atoms with E-state index in [2.05, 4.69) is 5.10 Å². The fraction of sp³-hybridized carbons (Fsp3) is 0.357. The van der Waals surface area contributed by atoms with Gasteiger partial charge < -0.3 is 5.11 Å². The molecule has 0 spiro atoms. The van der Waals surface area contributed by atoms with Crippen LogP contribution in [-0.2, 0) is 12.7 Å². The van der Waals surface area contributed by atoms with Crippen LogP contribution in [0.4, 0.5) is 17.6 Å². The summed E-state index contributed by atoms with van der Waals surface area (Å²) < 4.78 is 53.5. The fourth-order valence-corrected chi connectivity index (χ4v) is 2.03. The Kier molecular flexibility index (Phi) is 4.32. The lowest BCUT2D eigenvalue weighted by atomic mass is 10.0. The van der Waals surface area contributed by atoms with E-state index in [0.717, 1.165) is 18.6 Å². The van der Waals surface area contributed by atoms with Crippen molar-refractivity contribution in [2.45, 2.75) is 32.2 Å². The molecule has 1 N–H and O–H groups in total. The van der Waals surface area contributed by atoms with Gasteiger partial charge in [0, 0.05) is 23.9 Å². The Morgan fingerprint density at radius 2 is 2.05 bits per heavy atom. The normalized spacial score (nSPS) is 13.4. The highest BCUT2D eigenvalue weighted by Crippen LogP contribution is 2.35. The van der Waals surface area contributed by atoms with Crippen molar-refractivity contribution in [1.29, 1.82) is 0 Å². The first kappa shape index (κ1) is 15.5. The van der Waals surface area contributed by atoms with Crippen molar-refractivity contribution in [3.8, 4) is 0 Å². The minimum atomic E-state index is -4.80. The van der Waals surface area contributed by atoms with Crippen molar-refractivity contribution in [3.63, 3.8) is 0 Å². The van der Waals surface area contributed by atoms with E-state index in [-0.39, 0.29) is 5.56 Å². The van der Waals surface area contributed by atoms with Gasteiger partial charge in [-0.25, -0.2) is 4.39 Å². The summed E-state index contributed by atoms with van der Waals surface area (Å²) in [7, 11) is 0. The van der Waals surface area contributed by atoms with Gasteiger partial charge in [-0.15, -0.1) is 0 Å². The maximum atomic E-state index is 14.0. The molecule has 2 aromatic rings. The molecule has 0 saturated heterocycles. The third-order valence-corrected chi connectivity index (χ3v) is 3.05. The SMILES string of the molecule is CCCn1cc(C(O)c2cccc(C(F)(F)F)c2F)cn1. The van der Waals surface area contributed by atoms with Crippen LogP contribution in [0.1, 0.15) is 36.1 Å². The summed E-state index contributed by atoms with van der Waals surface area (Å²) >= 11 is 0. The van der Waals surface area contributed by atoms with Crippen LogP contribution in [-0.4, -0.2) is 14.9 Å². The first-order chi connectivity index (χ1) is 9.84. The number of benzene rings is 1. The van der Waals surface area contributed by atoms with Crippen molar-refractivity contribution in [2.75, 3.05) is 0 Å². The Hall–Kier alpha value is -1.89. The maximum absolute atomic E-state index is 14.0. The lowest BCUT2D eigenvalue weighted by molar-refractivity contribution is -0.140. The van der Waals surface area contributed by atoms with Gasteiger partial charge in [-0.1, -0.05) is 19.1 Å². The topological polar surface area (TPSA) is 38.0 Å². The molecule has 0 fully saturated rings. The Labute approximate surface area is 118 Å². The van der Waals surface area contributed by atoms with E-state index in [1.165, 1.54) is 12.4 Å². The third kappa shape index (κ3) is 3.24. The zero-order valence-corrected chi connectivity index (χ0v) is 11.2. The zero-order chi connectivity index (χ0) is 15.6. The molecule has 3 nitrogen and oxygen atoms in total. The summed E-state index contributed by atoms with van der Waals surface area (Å²) in [5.74, 6) is -1.46. The van der Waals surface area contributed by atoms with E-state index in [1.54, 1.807) is 4.68 Å². The number of aromatic nitrogens is 2. The average molecular weight is 302 g/mol. The number of nitrogens with zero attached hydrogens (tertiary/aromatic N) is 2. The average Bonchev–Trinajstić information content (AvgIpc) is 2.86. The van der Waals surface area contributed by atoms with Crippen molar-refractivity contribution in [2.24, 2.45) is 0 Å². The number of aryl methyl sites for hydroxylation is 1. The van der Waals surface area contributed by atoms with E-state index < -0.39 is 29.2 Å². The van der Waals surface area contributed by atoms with Crippen LogP contribution in [0, 0.1) is 5.82 Å². The molecule has 1 aromatic carbocycles. The van der Waals surface area contributed by atoms with Gasteiger partial charge in [0.1, 0.15) is 11.9 Å². The molecule has 1 aromatic heterocycles. The Bertz CT molecular complexity index is 622. The number of alkyl halides is 3. The van der Waals surface area contributed by atoms with Crippen LogP contribution in [0.3, 0.4) is 0 Å². The second-order valence-electron chi connectivity index (χ2n) is 4.65. The van der Waals surface area contributed by atoms with Gasteiger partial charge in [0.25, 0.3) is 0 Å². The molecule has 7 heteroatoms. The van der Waals surface area contributed by atoms with Crippen LogP contribution in [0.15, 0.2) is 30.6 Å². The molecule has 21 heavy (non-hydrogen) atoms. The van der Waals surface area contributed by atoms with E-state index in [0.29, 0.717) is 12.6 Å². The third-order valence-electron chi connectivity index (χ3n) is 3.05. The first-order valence-corrected chi connectivity index (χ1v) is 6.40. The predicted octanol–water partition coefficient (Wildman–Crippen LogP) is 3.53. The van der Waals surface area contributed by atoms with Gasteiger partial charge in [-0.2, -0.15) is 18.3 Å². The summed E-state index contributed by atoms with van der Waals surface area (Å²) in [6.07, 6.45) is -2.66. The second kappa shape index (κ2) is 5.85. The molecular formula is C14H14F4N2O. The van der Waals surface area contributed by atoms with Crippen molar-refractivity contribution in [1.82, 2.24) is 9.78 Å². The maximum Gasteiger partial charge on any atom is 0.419 e. The van der Waals surface area contributed by atoms with Gasteiger partial charge in [0.05, 0.1) is 11.8 Å². The molecule has 0 aliphatic rings. The number of rotatable bonds is 4. The van der Waals surface area contributed by atoms with Gasteiger partial charge in [0.15, 0.2) is 0 Å². The van der Waals surface area contributed by atoms with Crippen LogP contribution in [0.25, 0.3) is 0 Å². The van der Waals surface area contributed by atoms with Crippen LogP contribution < -0.4 is 0 Å². The van der Waals surface area contributed by atoms with E-state index in [4.69, 9.17) is 0 Å². The largest absolute Gasteiger partial charge is 0.419 e. The molecule has 1 atom stereocenters. The van der Waals surface area contributed by atoms with Crippen LogP contribution in [0.5, 0.6) is 0 Å². The molecule has 0 saturated carbocycles. The van der Waals surface area contributed by atoms with Crippen LogP contribution in [0.2, 0.25) is 0 Å². The predicted molar refractivity (Wildman–Crippen MR) is 68.0 cm³/mol. The van der Waals surface area contributed by atoms with Gasteiger partial charge >= 0.3 is 6.18 Å². The Balaban J connectivity index is 2.36. The number of aliphatic hydroxyl groups is 1. The quantitative estimate of drug-likeness (QED) is 0.877. The lowest BCUT2D eigenvalue weighted by Gasteiger charge is -2.14. The van der Waals surface area contributed by atoms with Gasteiger partial charge in [0.2, 0.25) is 0 Å². The first-order valence-electron chi connectivity index (χ1n) is 6.40. The summed E-state index contributed by atoms with van der Waals surface area (Å²) in [4.78, 5) is 0. The lowest BCUT2D eigenvalue weighted by Crippen LogP contribution is -2.12. The van der Waals surface area contributed by atoms with Crippen molar-refractivity contribution < 1.29 is 22.7 Å². The fourth-order valence-electron chi connectivity index (χ4n) is 2.03. The number of aliphatic hydroxyl groups excluding tert-OH is 1. The number of hydrogen-bond donors (Lipinski definition) is 1. The molecule has 1 unspecified atom stereocenters. The highest BCUT2D eigenvalue weighted by molar-refractivity contribution is 5.34. The smallest absolute Gasteiger partial charge is 0.383 e. The summed E-state index contributed by atoms with van der Waals surface area (Å²) in [6.45, 7) is 2.54.